The highest BCUT2D eigenvalue weighted by Crippen LogP contribution is 2.27. The van der Waals surface area contributed by atoms with Gasteiger partial charge in [-0.05, 0) is 18.6 Å². The van der Waals surface area contributed by atoms with Crippen molar-refractivity contribution in [1.82, 2.24) is 9.97 Å². The van der Waals surface area contributed by atoms with Crippen molar-refractivity contribution in [3.8, 4) is 0 Å². The van der Waals surface area contributed by atoms with Crippen molar-refractivity contribution in [3.05, 3.63) is 41.4 Å². The van der Waals surface area contributed by atoms with E-state index in [2.05, 4.69) is 27.5 Å². The standard InChI is InChI=1S/C13H14ClFN4/c1-2-6-17-11-7-16-8-12(18-11)19-13-9(14)4-3-5-10(13)15/h3-5,7-8H,2,6H2,1H3,(H2,17,18,19). The van der Waals surface area contributed by atoms with Crippen molar-refractivity contribution in [1.29, 1.82) is 0 Å². The molecule has 0 spiro atoms. The molecule has 0 amide bonds. The van der Waals surface area contributed by atoms with Gasteiger partial charge in [0.25, 0.3) is 0 Å². The molecule has 0 unspecified atom stereocenters. The first-order valence-electron chi connectivity index (χ1n) is 5.97. The molecule has 0 aliphatic heterocycles. The van der Waals surface area contributed by atoms with Crippen LogP contribution in [0.1, 0.15) is 13.3 Å². The lowest BCUT2D eigenvalue weighted by molar-refractivity contribution is 0.632. The van der Waals surface area contributed by atoms with E-state index in [9.17, 15) is 4.39 Å². The van der Waals surface area contributed by atoms with Gasteiger partial charge in [-0.25, -0.2) is 9.37 Å². The van der Waals surface area contributed by atoms with Crippen LogP contribution in [0.15, 0.2) is 30.6 Å². The molecule has 0 bridgehead atoms. The molecule has 6 heteroatoms. The Bertz CT molecular complexity index is 542. The Balaban J connectivity index is 2.19. The van der Waals surface area contributed by atoms with Crippen molar-refractivity contribution in [3.63, 3.8) is 0 Å². The number of nitrogens with zero attached hydrogens (tertiary/aromatic N) is 2. The van der Waals surface area contributed by atoms with Gasteiger partial charge in [0, 0.05) is 6.54 Å². The van der Waals surface area contributed by atoms with Gasteiger partial charge in [-0.3, -0.25) is 4.98 Å². The van der Waals surface area contributed by atoms with E-state index < -0.39 is 5.82 Å². The van der Waals surface area contributed by atoms with E-state index in [1.54, 1.807) is 18.3 Å². The highest BCUT2D eigenvalue weighted by atomic mass is 35.5. The van der Waals surface area contributed by atoms with E-state index in [0.717, 1.165) is 13.0 Å². The third kappa shape index (κ3) is 3.54. The van der Waals surface area contributed by atoms with Crippen molar-refractivity contribution in [2.45, 2.75) is 13.3 Å². The Morgan fingerprint density at radius 3 is 2.79 bits per heavy atom. The van der Waals surface area contributed by atoms with Gasteiger partial charge in [0.05, 0.1) is 23.1 Å². The van der Waals surface area contributed by atoms with Crippen LogP contribution < -0.4 is 10.6 Å². The van der Waals surface area contributed by atoms with E-state index in [0.29, 0.717) is 16.7 Å². The molecule has 0 aliphatic carbocycles. The number of para-hydroxylation sites is 1. The van der Waals surface area contributed by atoms with Crippen LogP contribution >= 0.6 is 11.6 Å². The molecule has 2 rings (SSSR count). The van der Waals surface area contributed by atoms with E-state index >= 15 is 0 Å². The predicted octanol–water partition coefficient (Wildman–Crippen LogP) is 3.83. The molecule has 0 aliphatic rings. The number of hydrogen-bond acceptors (Lipinski definition) is 4. The molecule has 1 aromatic heterocycles. The Hall–Kier alpha value is -1.88. The number of hydrogen-bond donors (Lipinski definition) is 2. The van der Waals surface area contributed by atoms with Crippen LogP contribution in [-0.2, 0) is 0 Å². The SMILES string of the molecule is CCCNc1cncc(Nc2c(F)cccc2Cl)n1. The zero-order valence-electron chi connectivity index (χ0n) is 10.5. The number of halogens is 2. The lowest BCUT2D eigenvalue weighted by Gasteiger charge is -2.10. The highest BCUT2D eigenvalue weighted by molar-refractivity contribution is 6.33. The molecule has 0 saturated carbocycles. The van der Waals surface area contributed by atoms with Crippen LogP contribution in [0.4, 0.5) is 21.7 Å². The topological polar surface area (TPSA) is 49.8 Å². The summed E-state index contributed by atoms with van der Waals surface area (Å²) in [6, 6.07) is 4.49. The molecule has 2 aromatic rings. The first-order valence-corrected chi connectivity index (χ1v) is 6.35. The highest BCUT2D eigenvalue weighted by Gasteiger charge is 2.08. The minimum absolute atomic E-state index is 0.200. The minimum atomic E-state index is -0.429. The summed E-state index contributed by atoms with van der Waals surface area (Å²) in [6.45, 7) is 2.86. The summed E-state index contributed by atoms with van der Waals surface area (Å²) in [7, 11) is 0. The van der Waals surface area contributed by atoms with E-state index in [4.69, 9.17) is 11.6 Å². The Kier molecular flexibility index (Phi) is 4.52. The predicted molar refractivity (Wildman–Crippen MR) is 75.5 cm³/mol. The molecule has 0 atom stereocenters. The average molecular weight is 281 g/mol. The van der Waals surface area contributed by atoms with Crippen LogP contribution in [0.25, 0.3) is 0 Å². The summed E-state index contributed by atoms with van der Waals surface area (Å²) >= 11 is 5.94. The first kappa shape index (κ1) is 13.5. The van der Waals surface area contributed by atoms with Crippen molar-refractivity contribution in [2.75, 3.05) is 17.2 Å². The summed E-state index contributed by atoms with van der Waals surface area (Å²) in [5, 5.41) is 6.25. The third-order valence-corrected chi connectivity index (χ3v) is 2.72. The summed E-state index contributed by atoms with van der Waals surface area (Å²) in [5.41, 5.74) is 0.200. The van der Waals surface area contributed by atoms with Gasteiger partial charge in [0.2, 0.25) is 0 Å². The van der Waals surface area contributed by atoms with Gasteiger partial charge >= 0.3 is 0 Å². The Labute approximate surface area is 116 Å². The average Bonchev–Trinajstić information content (AvgIpc) is 2.41. The van der Waals surface area contributed by atoms with Crippen LogP contribution in [0.5, 0.6) is 0 Å². The van der Waals surface area contributed by atoms with Crippen LogP contribution in [0.3, 0.4) is 0 Å². The molecule has 4 nitrogen and oxygen atoms in total. The summed E-state index contributed by atoms with van der Waals surface area (Å²) < 4.78 is 13.6. The number of benzene rings is 1. The maximum absolute atomic E-state index is 13.6. The van der Waals surface area contributed by atoms with E-state index in [1.807, 2.05) is 0 Å². The van der Waals surface area contributed by atoms with Crippen molar-refractivity contribution in [2.24, 2.45) is 0 Å². The Morgan fingerprint density at radius 1 is 1.26 bits per heavy atom. The van der Waals surface area contributed by atoms with Crippen LogP contribution in [0, 0.1) is 5.82 Å². The lowest BCUT2D eigenvalue weighted by Crippen LogP contribution is -2.04. The summed E-state index contributed by atoms with van der Waals surface area (Å²) in [5.74, 6) is 0.647. The van der Waals surface area contributed by atoms with Gasteiger partial charge in [0.15, 0.2) is 5.82 Å². The van der Waals surface area contributed by atoms with Gasteiger partial charge in [-0.1, -0.05) is 24.6 Å². The molecule has 0 radical (unpaired) electrons. The smallest absolute Gasteiger partial charge is 0.151 e. The minimum Gasteiger partial charge on any atom is -0.369 e. The van der Waals surface area contributed by atoms with Gasteiger partial charge < -0.3 is 10.6 Å². The van der Waals surface area contributed by atoms with Gasteiger partial charge in [-0.15, -0.1) is 0 Å². The van der Waals surface area contributed by atoms with Crippen LogP contribution in [-0.4, -0.2) is 16.5 Å². The summed E-state index contributed by atoms with van der Waals surface area (Å²) in [6.07, 6.45) is 4.11. The first-order chi connectivity index (χ1) is 9.20. The maximum Gasteiger partial charge on any atom is 0.151 e. The zero-order valence-corrected chi connectivity index (χ0v) is 11.2. The number of aromatic nitrogens is 2. The van der Waals surface area contributed by atoms with Crippen LogP contribution in [0.2, 0.25) is 5.02 Å². The molecule has 100 valence electrons. The normalized spacial score (nSPS) is 10.3. The second kappa shape index (κ2) is 6.33. The number of rotatable bonds is 5. The van der Waals surface area contributed by atoms with Crippen molar-refractivity contribution >= 4 is 28.9 Å². The fourth-order valence-electron chi connectivity index (χ4n) is 1.51. The molecule has 1 aromatic carbocycles. The molecule has 1 heterocycles. The maximum atomic E-state index is 13.6. The molecular formula is C13H14ClFN4. The number of nitrogens with one attached hydrogen (secondary N) is 2. The van der Waals surface area contributed by atoms with Crippen molar-refractivity contribution < 1.29 is 4.39 Å². The molecule has 2 N–H and O–H groups in total. The summed E-state index contributed by atoms with van der Waals surface area (Å²) in [4.78, 5) is 8.32. The lowest BCUT2D eigenvalue weighted by atomic mass is 10.3. The fraction of sp³-hybridized carbons (Fsp3) is 0.231. The molecule has 0 saturated heterocycles. The third-order valence-electron chi connectivity index (χ3n) is 2.41. The van der Waals surface area contributed by atoms with Gasteiger partial charge in [-0.2, -0.15) is 0 Å². The quantitative estimate of drug-likeness (QED) is 0.874. The monoisotopic (exact) mass is 280 g/mol. The van der Waals surface area contributed by atoms with E-state index in [-0.39, 0.29) is 5.69 Å². The van der Waals surface area contributed by atoms with Gasteiger partial charge in [0.1, 0.15) is 11.6 Å². The second-order valence-electron chi connectivity index (χ2n) is 3.94. The Morgan fingerprint density at radius 2 is 2.05 bits per heavy atom. The molecular weight excluding hydrogens is 267 g/mol. The molecule has 0 fully saturated rings. The van der Waals surface area contributed by atoms with E-state index in [1.165, 1.54) is 12.3 Å². The fourth-order valence-corrected chi connectivity index (χ4v) is 1.72. The second-order valence-corrected chi connectivity index (χ2v) is 4.35. The largest absolute Gasteiger partial charge is 0.369 e. The molecule has 19 heavy (non-hydrogen) atoms. The number of anilines is 3. The zero-order chi connectivity index (χ0) is 13.7.